The van der Waals surface area contributed by atoms with Crippen LogP contribution in [0.2, 0.25) is 0 Å². The third kappa shape index (κ3) is 4.12. The summed E-state index contributed by atoms with van der Waals surface area (Å²) in [5.74, 6) is 1.02. The van der Waals surface area contributed by atoms with Crippen LogP contribution in [0.25, 0.3) is 0 Å². The van der Waals surface area contributed by atoms with Crippen molar-refractivity contribution < 1.29 is 9.15 Å². The molecule has 0 bridgehead atoms. The average Bonchev–Trinajstić information content (AvgIpc) is 3.11. The zero-order valence-electron chi connectivity index (χ0n) is 14.1. The van der Waals surface area contributed by atoms with Gasteiger partial charge in [0.25, 0.3) is 0 Å². The highest BCUT2D eigenvalue weighted by atomic mass is 16.5. The molecule has 4 heteroatoms. The number of ether oxygens (including phenoxy) is 1. The first-order chi connectivity index (χ1) is 10.6. The van der Waals surface area contributed by atoms with Crippen molar-refractivity contribution in [3.05, 3.63) is 24.2 Å². The van der Waals surface area contributed by atoms with Crippen molar-refractivity contribution in [3.8, 4) is 0 Å². The van der Waals surface area contributed by atoms with Crippen molar-refractivity contribution in [3.63, 3.8) is 0 Å². The van der Waals surface area contributed by atoms with Gasteiger partial charge in [0.15, 0.2) is 0 Å². The molecule has 1 atom stereocenters. The van der Waals surface area contributed by atoms with Crippen LogP contribution in [0, 0.1) is 5.41 Å². The van der Waals surface area contributed by atoms with E-state index in [9.17, 15) is 0 Å². The Kier molecular flexibility index (Phi) is 4.91. The first-order valence-electron chi connectivity index (χ1n) is 8.67. The summed E-state index contributed by atoms with van der Waals surface area (Å²) < 4.78 is 11.4. The molecule has 2 aliphatic rings. The SMILES string of the molecule is CC1(C)CC(CNCc2ccco2)(CN2CCCC2)CCO1. The number of nitrogens with zero attached hydrogens (tertiary/aromatic N) is 1. The number of rotatable bonds is 6. The molecule has 0 saturated carbocycles. The predicted molar refractivity (Wildman–Crippen MR) is 87.8 cm³/mol. The molecule has 2 saturated heterocycles. The van der Waals surface area contributed by atoms with Gasteiger partial charge in [-0.05, 0) is 64.8 Å². The Morgan fingerprint density at radius 2 is 2.09 bits per heavy atom. The summed E-state index contributed by atoms with van der Waals surface area (Å²) in [7, 11) is 0. The highest BCUT2D eigenvalue weighted by Gasteiger charge is 2.41. The van der Waals surface area contributed by atoms with E-state index in [1.807, 2.05) is 12.1 Å². The summed E-state index contributed by atoms with van der Waals surface area (Å²) in [6, 6.07) is 3.99. The van der Waals surface area contributed by atoms with Crippen LogP contribution in [-0.2, 0) is 11.3 Å². The summed E-state index contributed by atoms with van der Waals surface area (Å²) in [5, 5.41) is 3.63. The fourth-order valence-electron chi connectivity index (χ4n) is 4.21. The molecule has 1 N–H and O–H groups in total. The monoisotopic (exact) mass is 306 g/mol. The lowest BCUT2D eigenvalue weighted by molar-refractivity contribution is -0.110. The average molecular weight is 306 g/mol. The molecule has 3 heterocycles. The maximum Gasteiger partial charge on any atom is 0.117 e. The van der Waals surface area contributed by atoms with Gasteiger partial charge in [0.1, 0.15) is 5.76 Å². The van der Waals surface area contributed by atoms with Crippen LogP contribution in [-0.4, -0.2) is 43.3 Å². The second-order valence-corrected chi connectivity index (χ2v) is 7.70. The first-order valence-corrected chi connectivity index (χ1v) is 8.67. The molecule has 1 aromatic heterocycles. The summed E-state index contributed by atoms with van der Waals surface area (Å²) in [6.07, 6.45) is 6.74. The molecule has 0 aliphatic carbocycles. The Bertz CT molecular complexity index is 452. The predicted octanol–water partition coefficient (Wildman–Crippen LogP) is 3.04. The third-order valence-electron chi connectivity index (χ3n) is 5.06. The lowest BCUT2D eigenvalue weighted by Gasteiger charge is -2.46. The van der Waals surface area contributed by atoms with Crippen molar-refractivity contribution in [2.24, 2.45) is 5.41 Å². The summed E-state index contributed by atoms with van der Waals surface area (Å²) >= 11 is 0. The number of hydrogen-bond donors (Lipinski definition) is 1. The maximum atomic E-state index is 5.97. The Morgan fingerprint density at radius 1 is 1.27 bits per heavy atom. The Labute approximate surface area is 134 Å². The lowest BCUT2D eigenvalue weighted by Crippen LogP contribution is -2.51. The van der Waals surface area contributed by atoms with E-state index in [2.05, 4.69) is 24.1 Å². The maximum absolute atomic E-state index is 5.97. The zero-order chi connectivity index (χ0) is 15.5. The first kappa shape index (κ1) is 16.0. The van der Waals surface area contributed by atoms with E-state index < -0.39 is 0 Å². The van der Waals surface area contributed by atoms with Crippen molar-refractivity contribution in [1.82, 2.24) is 10.2 Å². The Balaban J connectivity index is 1.62. The third-order valence-corrected chi connectivity index (χ3v) is 5.06. The smallest absolute Gasteiger partial charge is 0.117 e. The van der Waals surface area contributed by atoms with E-state index in [1.165, 1.54) is 32.5 Å². The van der Waals surface area contributed by atoms with Gasteiger partial charge in [-0.3, -0.25) is 0 Å². The Morgan fingerprint density at radius 3 is 2.77 bits per heavy atom. The van der Waals surface area contributed by atoms with Gasteiger partial charge in [-0.2, -0.15) is 0 Å². The molecular weight excluding hydrogens is 276 g/mol. The molecule has 3 rings (SSSR count). The van der Waals surface area contributed by atoms with Gasteiger partial charge in [0.05, 0.1) is 18.4 Å². The van der Waals surface area contributed by atoms with Crippen LogP contribution in [0.1, 0.15) is 45.3 Å². The minimum absolute atomic E-state index is 0.00959. The molecule has 2 aliphatic heterocycles. The molecule has 4 nitrogen and oxygen atoms in total. The van der Waals surface area contributed by atoms with Crippen molar-refractivity contribution in [2.75, 3.05) is 32.8 Å². The molecule has 0 aromatic carbocycles. The van der Waals surface area contributed by atoms with Gasteiger partial charge in [-0.15, -0.1) is 0 Å². The highest BCUT2D eigenvalue weighted by molar-refractivity contribution is 4.99. The van der Waals surface area contributed by atoms with Gasteiger partial charge in [-0.25, -0.2) is 0 Å². The molecule has 0 radical (unpaired) electrons. The van der Waals surface area contributed by atoms with E-state index in [0.29, 0.717) is 5.41 Å². The van der Waals surface area contributed by atoms with Crippen LogP contribution in [0.5, 0.6) is 0 Å². The Hall–Kier alpha value is -0.840. The van der Waals surface area contributed by atoms with E-state index >= 15 is 0 Å². The van der Waals surface area contributed by atoms with Gasteiger partial charge < -0.3 is 19.4 Å². The highest BCUT2D eigenvalue weighted by Crippen LogP contribution is 2.39. The fraction of sp³-hybridized carbons (Fsp3) is 0.778. The molecule has 0 spiro atoms. The molecule has 1 unspecified atom stereocenters. The fourth-order valence-corrected chi connectivity index (χ4v) is 4.21. The van der Waals surface area contributed by atoms with Crippen LogP contribution in [0.15, 0.2) is 22.8 Å². The summed E-state index contributed by atoms with van der Waals surface area (Å²) in [5.41, 5.74) is 0.309. The normalized spacial score (nSPS) is 29.0. The number of furan rings is 1. The van der Waals surface area contributed by atoms with Crippen LogP contribution < -0.4 is 5.32 Å². The van der Waals surface area contributed by atoms with Crippen LogP contribution in [0.3, 0.4) is 0 Å². The zero-order valence-corrected chi connectivity index (χ0v) is 14.1. The molecule has 22 heavy (non-hydrogen) atoms. The summed E-state index contributed by atoms with van der Waals surface area (Å²) in [6.45, 7) is 10.9. The van der Waals surface area contributed by atoms with Gasteiger partial charge in [0, 0.05) is 25.1 Å². The van der Waals surface area contributed by atoms with Crippen molar-refractivity contribution in [2.45, 2.75) is 51.7 Å². The number of nitrogens with one attached hydrogen (secondary N) is 1. The van der Waals surface area contributed by atoms with Crippen LogP contribution in [0.4, 0.5) is 0 Å². The van der Waals surface area contributed by atoms with E-state index in [1.54, 1.807) is 6.26 Å². The second kappa shape index (κ2) is 6.73. The molecular formula is C18H30N2O2. The van der Waals surface area contributed by atoms with Gasteiger partial charge in [0.2, 0.25) is 0 Å². The number of hydrogen-bond acceptors (Lipinski definition) is 4. The van der Waals surface area contributed by atoms with Gasteiger partial charge in [-0.1, -0.05) is 0 Å². The minimum Gasteiger partial charge on any atom is -0.468 e. The van der Waals surface area contributed by atoms with Crippen molar-refractivity contribution in [1.29, 1.82) is 0 Å². The van der Waals surface area contributed by atoms with Crippen LogP contribution >= 0.6 is 0 Å². The molecule has 1 aromatic rings. The topological polar surface area (TPSA) is 37.6 Å². The number of likely N-dealkylation sites (tertiary alicyclic amines) is 1. The standard InChI is InChI=1S/C18H30N2O2/c1-17(2)13-18(7-11-22-17,15-20-8-3-4-9-20)14-19-12-16-6-5-10-21-16/h5-6,10,19H,3-4,7-9,11-15H2,1-2H3. The molecule has 124 valence electrons. The molecule has 0 amide bonds. The minimum atomic E-state index is -0.00959. The van der Waals surface area contributed by atoms with E-state index in [0.717, 1.165) is 38.3 Å². The van der Waals surface area contributed by atoms with Gasteiger partial charge >= 0.3 is 0 Å². The quantitative estimate of drug-likeness (QED) is 0.876. The lowest BCUT2D eigenvalue weighted by atomic mass is 9.73. The largest absolute Gasteiger partial charge is 0.468 e. The van der Waals surface area contributed by atoms with E-state index in [-0.39, 0.29) is 5.60 Å². The van der Waals surface area contributed by atoms with E-state index in [4.69, 9.17) is 9.15 Å². The van der Waals surface area contributed by atoms with Crippen molar-refractivity contribution >= 4 is 0 Å². The second-order valence-electron chi connectivity index (χ2n) is 7.70. The summed E-state index contributed by atoms with van der Waals surface area (Å²) in [4.78, 5) is 2.65. The molecule has 2 fully saturated rings.